The van der Waals surface area contributed by atoms with E-state index in [9.17, 15) is 9.90 Å². The van der Waals surface area contributed by atoms with Crippen LogP contribution in [0.15, 0.2) is 83.9 Å². The summed E-state index contributed by atoms with van der Waals surface area (Å²) in [5.41, 5.74) is 2.71. The minimum atomic E-state index is -2.72. The van der Waals surface area contributed by atoms with Crippen molar-refractivity contribution in [3.8, 4) is 5.75 Å². The Labute approximate surface area is 190 Å². The number of carbonyl (C=O) groups is 1. The van der Waals surface area contributed by atoms with E-state index in [2.05, 4.69) is 74.3 Å². The van der Waals surface area contributed by atoms with Crippen LogP contribution in [-0.2, 0) is 11.2 Å². The zero-order chi connectivity index (χ0) is 22.9. The molecule has 1 atom stereocenters. The number of carboxylic acids is 1. The van der Waals surface area contributed by atoms with Crippen LogP contribution in [0.2, 0.25) is 5.04 Å². The molecule has 1 N–H and O–H groups in total. The first-order valence-electron chi connectivity index (χ1n) is 10.9. The molecule has 0 aromatic heterocycles. The quantitative estimate of drug-likeness (QED) is 0.593. The second kappa shape index (κ2) is 8.39. The zero-order valence-electron chi connectivity index (χ0n) is 19.0. The Kier molecular flexibility index (Phi) is 5.78. The van der Waals surface area contributed by atoms with Gasteiger partial charge in [-0.05, 0) is 40.0 Å². The van der Waals surface area contributed by atoms with E-state index in [0.29, 0.717) is 6.42 Å². The van der Waals surface area contributed by atoms with Crippen LogP contribution in [0.4, 0.5) is 0 Å². The summed E-state index contributed by atoms with van der Waals surface area (Å²) in [6.07, 6.45) is 0.404. The second-order valence-electron chi connectivity index (χ2n) is 9.36. The summed E-state index contributed by atoms with van der Waals surface area (Å²) in [5, 5.41) is 11.7. The fourth-order valence-corrected chi connectivity index (χ4v) is 9.07. The lowest BCUT2D eigenvalue weighted by Gasteiger charge is -2.43. The van der Waals surface area contributed by atoms with Crippen molar-refractivity contribution in [2.24, 2.45) is 4.99 Å². The van der Waals surface area contributed by atoms with Gasteiger partial charge in [-0.1, -0.05) is 87.5 Å². The SMILES string of the molecule is CC1=N[C@H](C(=O)O)Cc2ccc(O[Si](c3ccccc3)(c3ccccc3)C(C)(C)C)cc21. The topological polar surface area (TPSA) is 58.9 Å². The van der Waals surface area contributed by atoms with Gasteiger partial charge < -0.3 is 9.53 Å². The molecule has 0 fully saturated rings. The molecule has 0 saturated carbocycles. The molecule has 3 aromatic rings. The van der Waals surface area contributed by atoms with E-state index in [1.165, 1.54) is 10.4 Å². The van der Waals surface area contributed by atoms with Crippen LogP contribution in [-0.4, -0.2) is 31.1 Å². The summed E-state index contributed by atoms with van der Waals surface area (Å²) in [4.78, 5) is 15.9. The Morgan fingerprint density at radius 1 is 0.969 bits per heavy atom. The molecule has 1 heterocycles. The molecule has 3 aromatic carbocycles. The van der Waals surface area contributed by atoms with Crippen molar-refractivity contribution in [1.29, 1.82) is 0 Å². The van der Waals surface area contributed by atoms with Gasteiger partial charge in [-0.25, -0.2) is 4.79 Å². The number of rotatable bonds is 5. The molecule has 0 saturated heterocycles. The van der Waals surface area contributed by atoms with Crippen molar-refractivity contribution in [1.82, 2.24) is 0 Å². The number of nitrogens with zero attached hydrogens (tertiary/aromatic N) is 1. The molecule has 4 rings (SSSR count). The van der Waals surface area contributed by atoms with Gasteiger partial charge in [0, 0.05) is 17.7 Å². The Morgan fingerprint density at radius 2 is 1.53 bits per heavy atom. The highest BCUT2D eigenvalue weighted by Gasteiger charge is 2.52. The lowest BCUT2D eigenvalue weighted by molar-refractivity contribution is -0.138. The van der Waals surface area contributed by atoms with Gasteiger partial charge in [0.25, 0.3) is 0 Å². The molecule has 0 spiro atoms. The monoisotopic (exact) mass is 443 g/mol. The van der Waals surface area contributed by atoms with Crippen molar-refractivity contribution < 1.29 is 14.3 Å². The van der Waals surface area contributed by atoms with E-state index in [4.69, 9.17) is 4.43 Å². The highest BCUT2D eigenvalue weighted by molar-refractivity contribution is 7.00. The number of hydrogen-bond donors (Lipinski definition) is 1. The third-order valence-electron chi connectivity index (χ3n) is 6.21. The predicted octanol–water partition coefficient (Wildman–Crippen LogP) is 4.44. The van der Waals surface area contributed by atoms with Crippen LogP contribution in [0.25, 0.3) is 0 Å². The number of aliphatic carboxylic acids is 1. The largest absolute Gasteiger partial charge is 0.534 e. The number of aliphatic imine (C=N–C) groups is 1. The van der Waals surface area contributed by atoms with Crippen molar-refractivity contribution in [2.75, 3.05) is 0 Å². The number of carboxylic acid groups (broad SMARTS) is 1. The molecular weight excluding hydrogens is 414 g/mol. The van der Waals surface area contributed by atoms with Gasteiger partial charge in [0.05, 0.1) is 0 Å². The minimum Gasteiger partial charge on any atom is -0.534 e. The number of fused-ring (bicyclic) bond motifs is 1. The second-order valence-corrected chi connectivity index (χ2v) is 13.6. The molecule has 0 amide bonds. The third kappa shape index (κ3) is 3.89. The predicted molar refractivity (Wildman–Crippen MR) is 132 cm³/mol. The van der Waals surface area contributed by atoms with Crippen molar-refractivity contribution in [3.05, 3.63) is 90.0 Å². The molecule has 32 heavy (non-hydrogen) atoms. The van der Waals surface area contributed by atoms with E-state index in [0.717, 1.165) is 22.6 Å². The Morgan fingerprint density at radius 3 is 2.03 bits per heavy atom. The molecule has 0 radical (unpaired) electrons. The Balaban J connectivity index is 1.85. The lowest BCUT2D eigenvalue weighted by atomic mass is 9.94. The van der Waals surface area contributed by atoms with Crippen molar-refractivity contribution in [2.45, 2.75) is 45.2 Å². The van der Waals surface area contributed by atoms with E-state index in [-0.39, 0.29) is 5.04 Å². The third-order valence-corrected chi connectivity index (χ3v) is 11.2. The van der Waals surface area contributed by atoms with Gasteiger partial charge in [0.15, 0.2) is 6.04 Å². The molecule has 5 heteroatoms. The van der Waals surface area contributed by atoms with Crippen LogP contribution in [0.1, 0.15) is 38.8 Å². The Bertz CT molecular complexity index is 1110. The van der Waals surface area contributed by atoms with Crippen LogP contribution >= 0.6 is 0 Å². The van der Waals surface area contributed by atoms with E-state index in [1.54, 1.807) is 0 Å². The van der Waals surface area contributed by atoms with Crippen molar-refractivity contribution >= 4 is 30.4 Å². The summed E-state index contributed by atoms with van der Waals surface area (Å²) >= 11 is 0. The molecule has 164 valence electrons. The van der Waals surface area contributed by atoms with E-state index in [1.807, 2.05) is 37.3 Å². The molecule has 0 bridgehead atoms. The van der Waals surface area contributed by atoms with Gasteiger partial charge in [0.1, 0.15) is 5.75 Å². The molecular formula is C27H29NO3Si. The summed E-state index contributed by atoms with van der Waals surface area (Å²) in [6, 6.07) is 26.4. The van der Waals surface area contributed by atoms with Crippen LogP contribution in [0.3, 0.4) is 0 Å². The molecule has 1 aliphatic heterocycles. The maximum atomic E-state index is 11.5. The average Bonchev–Trinajstić information content (AvgIpc) is 2.78. The molecule has 0 unspecified atom stereocenters. The maximum Gasteiger partial charge on any atom is 0.328 e. The lowest BCUT2D eigenvalue weighted by Crippen LogP contribution is -2.68. The van der Waals surface area contributed by atoms with E-state index < -0.39 is 20.3 Å². The first-order valence-corrected chi connectivity index (χ1v) is 12.8. The standard InChI is InChI=1S/C27H29NO3Si/c1-19-24-18-21(16-15-20(24)17-25(28-19)26(29)30)31-32(27(2,3)4,22-11-7-5-8-12-22)23-13-9-6-10-14-23/h5-16,18,25H,17H2,1-4H3,(H,29,30)/t25-/m0/s1. The highest BCUT2D eigenvalue weighted by Crippen LogP contribution is 2.38. The summed E-state index contributed by atoms with van der Waals surface area (Å²) in [5.74, 6) is -0.0935. The zero-order valence-corrected chi connectivity index (χ0v) is 20.0. The van der Waals surface area contributed by atoms with Gasteiger partial charge in [-0.15, -0.1) is 0 Å². The first-order chi connectivity index (χ1) is 15.2. The molecule has 4 nitrogen and oxygen atoms in total. The fraction of sp³-hybridized carbons (Fsp3) is 0.259. The first kappa shape index (κ1) is 22.0. The number of benzene rings is 3. The summed E-state index contributed by atoms with van der Waals surface area (Å²) in [6.45, 7) is 8.63. The van der Waals surface area contributed by atoms with Gasteiger partial charge in [-0.2, -0.15) is 0 Å². The summed E-state index contributed by atoms with van der Waals surface area (Å²) in [7, 11) is -2.72. The van der Waals surface area contributed by atoms with Crippen molar-refractivity contribution in [3.63, 3.8) is 0 Å². The summed E-state index contributed by atoms with van der Waals surface area (Å²) < 4.78 is 7.09. The van der Waals surface area contributed by atoms with Crippen LogP contribution < -0.4 is 14.8 Å². The van der Waals surface area contributed by atoms with Gasteiger partial charge in [0.2, 0.25) is 0 Å². The normalized spacial score (nSPS) is 16.1. The maximum absolute atomic E-state index is 11.5. The molecule has 1 aliphatic rings. The van der Waals surface area contributed by atoms with Crippen LogP contribution in [0, 0.1) is 0 Å². The van der Waals surface area contributed by atoms with Gasteiger partial charge in [-0.3, -0.25) is 4.99 Å². The molecule has 0 aliphatic carbocycles. The van der Waals surface area contributed by atoms with Gasteiger partial charge >= 0.3 is 14.3 Å². The van der Waals surface area contributed by atoms with E-state index >= 15 is 0 Å². The average molecular weight is 444 g/mol. The highest BCUT2D eigenvalue weighted by atomic mass is 28.4. The Hall–Kier alpha value is -3.18. The smallest absolute Gasteiger partial charge is 0.328 e. The fourth-order valence-electron chi connectivity index (χ4n) is 4.66. The minimum absolute atomic E-state index is 0.136. The van der Waals surface area contributed by atoms with Crippen LogP contribution in [0.5, 0.6) is 5.75 Å². The number of hydrogen-bond acceptors (Lipinski definition) is 3.